The molecule has 1 heterocycles. The minimum atomic E-state index is -0.760. The van der Waals surface area contributed by atoms with Crippen LogP contribution in [0.25, 0.3) is 0 Å². The van der Waals surface area contributed by atoms with Gasteiger partial charge < -0.3 is 5.32 Å². The van der Waals surface area contributed by atoms with Gasteiger partial charge in [-0.1, -0.05) is 6.07 Å². The molecule has 0 saturated carbocycles. The van der Waals surface area contributed by atoms with Crippen LogP contribution in [-0.2, 0) is 0 Å². The van der Waals surface area contributed by atoms with Crippen molar-refractivity contribution in [3.05, 3.63) is 70.3 Å². The number of fused-ring (bicyclic) bond motifs is 1. The van der Waals surface area contributed by atoms with Crippen LogP contribution in [0.15, 0.2) is 36.4 Å². The molecule has 0 aromatic heterocycles. The average molecular weight is 344 g/mol. The van der Waals surface area contributed by atoms with Crippen LogP contribution >= 0.6 is 0 Å². The molecule has 1 aliphatic rings. The highest BCUT2D eigenvalue weighted by Crippen LogP contribution is 2.23. The van der Waals surface area contributed by atoms with Gasteiger partial charge in [-0.3, -0.25) is 19.3 Å². The molecule has 5 nitrogen and oxygen atoms in total. The number of hydrogen-bond acceptors (Lipinski definition) is 3. The molecule has 0 aliphatic carbocycles. The van der Waals surface area contributed by atoms with Gasteiger partial charge in [0.1, 0.15) is 11.6 Å². The molecule has 0 bridgehead atoms. The second kappa shape index (κ2) is 6.08. The third-order valence-corrected chi connectivity index (χ3v) is 4.13. The summed E-state index contributed by atoms with van der Waals surface area (Å²) in [5, 5.41) is 2.59. The molecule has 2 aromatic carbocycles. The summed E-state index contributed by atoms with van der Waals surface area (Å²) in [4.78, 5) is 37.2. The third-order valence-electron chi connectivity index (χ3n) is 4.13. The van der Waals surface area contributed by atoms with E-state index in [-0.39, 0.29) is 22.3 Å². The number of amides is 3. The maximum absolute atomic E-state index is 13.8. The SMILES string of the molecule is C[C@@H](NC(=O)c1ccc2c(c1)C(=O)N(C)C2=O)c1ccc(F)cc1F. The summed E-state index contributed by atoms with van der Waals surface area (Å²) >= 11 is 0. The molecule has 25 heavy (non-hydrogen) atoms. The molecule has 128 valence electrons. The molecule has 0 spiro atoms. The van der Waals surface area contributed by atoms with Crippen LogP contribution in [0.2, 0.25) is 0 Å². The monoisotopic (exact) mass is 344 g/mol. The molecular weight excluding hydrogens is 330 g/mol. The summed E-state index contributed by atoms with van der Waals surface area (Å²) in [5.74, 6) is -2.90. The van der Waals surface area contributed by atoms with Crippen LogP contribution < -0.4 is 5.32 Å². The Hall–Kier alpha value is -3.09. The summed E-state index contributed by atoms with van der Waals surface area (Å²) in [7, 11) is 1.36. The molecule has 1 aliphatic heterocycles. The number of hydrogen-bond donors (Lipinski definition) is 1. The molecule has 3 rings (SSSR count). The lowest BCUT2D eigenvalue weighted by Crippen LogP contribution is -2.27. The highest BCUT2D eigenvalue weighted by Gasteiger charge is 2.33. The van der Waals surface area contributed by atoms with E-state index >= 15 is 0 Å². The second-order valence-electron chi connectivity index (χ2n) is 5.79. The summed E-state index contributed by atoms with van der Waals surface area (Å²) in [5.41, 5.74) is 0.703. The van der Waals surface area contributed by atoms with Gasteiger partial charge in [0, 0.05) is 24.2 Å². The molecule has 3 amide bonds. The van der Waals surface area contributed by atoms with Crippen LogP contribution in [0.3, 0.4) is 0 Å². The Bertz CT molecular complexity index is 911. The Balaban J connectivity index is 1.83. The number of rotatable bonds is 3. The van der Waals surface area contributed by atoms with Gasteiger partial charge in [-0.2, -0.15) is 0 Å². The average Bonchev–Trinajstić information content (AvgIpc) is 2.79. The summed E-state index contributed by atoms with van der Waals surface area (Å²) in [6.45, 7) is 1.56. The predicted molar refractivity (Wildman–Crippen MR) is 85.1 cm³/mol. The minimum absolute atomic E-state index is 0.141. The van der Waals surface area contributed by atoms with Gasteiger partial charge >= 0.3 is 0 Å². The minimum Gasteiger partial charge on any atom is -0.345 e. The highest BCUT2D eigenvalue weighted by atomic mass is 19.1. The van der Waals surface area contributed by atoms with E-state index < -0.39 is 35.4 Å². The molecule has 1 atom stereocenters. The van der Waals surface area contributed by atoms with Crippen LogP contribution in [0.1, 0.15) is 49.6 Å². The lowest BCUT2D eigenvalue weighted by Gasteiger charge is -2.15. The van der Waals surface area contributed by atoms with Crippen molar-refractivity contribution in [2.75, 3.05) is 7.05 Å². The summed E-state index contributed by atoms with van der Waals surface area (Å²) < 4.78 is 26.8. The number of carbonyl (C=O) groups is 3. The fraction of sp³-hybridized carbons (Fsp3) is 0.167. The quantitative estimate of drug-likeness (QED) is 0.871. The van der Waals surface area contributed by atoms with Crippen LogP contribution in [-0.4, -0.2) is 29.7 Å². The second-order valence-corrected chi connectivity index (χ2v) is 5.79. The van der Waals surface area contributed by atoms with E-state index in [1.54, 1.807) is 6.92 Å². The van der Waals surface area contributed by atoms with Crippen molar-refractivity contribution in [3.8, 4) is 0 Å². The highest BCUT2D eigenvalue weighted by molar-refractivity contribution is 6.21. The van der Waals surface area contributed by atoms with Crippen LogP contribution in [0.5, 0.6) is 0 Å². The lowest BCUT2D eigenvalue weighted by molar-refractivity contribution is 0.0693. The first-order valence-electron chi connectivity index (χ1n) is 7.52. The van der Waals surface area contributed by atoms with Gasteiger partial charge in [0.15, 0.2) is 0 Å². The third kappa shape index (κ3) is 2.88. The van der Waals surface area contributed by atoms with Crippen molar-refractivity contribution in [2.24, 2.45) is 0 Å². The Morgan fingerprint density at radius 2 is 1.72 bits per heavy atom. The van der Waals surface area contributed by atoms with Gasteiger partial charge in [0.25, 0.3) is 17.7 Å². The van der Waals surface area contributed by atoms with E-state index in [2.05, 4.69) is 5.32 Å². The first-order chi connectivity index (χ1) is 11.8. The summed E-state index contributed by atoms with van der Waals surface area (Å²) in [6.07, 6.45) is 0. The van der Waals surface area contributed by atoms with Gasteiger partial charge in [0.2, 0.25) is 0 Å². The van der Waals surface area contributed by atoms with Crippen molar-refractivity contribution in [1.29, 1.82) is 0 Å². The smallest absolute Gasteiger partial charge is 0.261 e. The van der Waals surface area contributed by atoms with Crippen molar-refractivity contribution in [2.45, 2.75) is 13.0 Å². The first-order valence-corrected chi connectivity index (χ1v) is 7.52. The van der Waals surface area contributed by atoms with E-state index in [0.29, 0.717) is 0 Å². The molecule has 1 N–H and O–H groups in total. The van der Waals surface area contributed by atoms with Gasteiger partial charge in [-0.15, -0.1) is 0 Å². The first kappa shape index (κ1) is 16.8. The normalized spacial score (nSPS) is 14.5. The number of carbonyl (C=O) groups excluding carboxylic acids is 3. The number of nitrogens with zero attached hydrogens (tertiary/aromatic N) is 1. The van der Waals surface area contributed by atoms with E-state index in [0.717, 1.165) is 17.0 Å². The maximum atomic E-state index is 13.8. The number of nitrogens with one attached hydrogen (secondary N) is 1. The molecule has 2 aromatic rings. The zero-order chi connectivity index (χ0) is 18.3. The van der Waals surface area contributed by atoms with Gasteiger partial charge in [0.05, 0.1) is 17.2 Å². The fourth-order valence-corrected chi connectivity index (χ4v) is 2.71. The van der Waals surface area contributed by atoms with Gasteiger partial charge in [-0.25, -0.2) is 8.78 Å². The van der Waals surface area contributed by atoms with Crippen molar-refractivity contribution in [1.82, 2.24) is 10.2 Å². The molecule has 0 radical (unpaired) electrons. The van der Waals surface area contributed by atoms with E-state index in [9.17, 15) is 23.2 Å². The van der Waals surface area contributed by atoms with Crippen LogP contribution in [0, 0.1) is 11.6 Å². The molecule has 7 heteroatoms. The van der Waals surface area contributed by atoms with Crippen molar-refractivity contribution < 1.29 is 23.2 Å². The standard InChI is InChI=1S/C18H14F2N2O3/c1-9(12-6-4-11(19)8-15(12)20)21-16(23)10-3-5-13-14(7-10)18(25)22(2)17(13)24/h3-9H,1-2H3,(H,21,23)/t9-/m1/s1. The van der Waals surface area contributed by atoms with E-state index in [4.69, 9.17) is 0 Å². The largest absolute Gasteiger partial charge is 0.345 e. The Morgan fingerprint density at radius 3 is 2.40 bits per heavy atom. The zero-order valence-electron chi connectivity index (χ0n) is 13.5. The van der Waals surface area contributed by atoms with E-state index in [1.165, 1.54) is 31.3 Å². The number of imide groups is 1. The lowest BCUT2D eigenvalue weighted by atomic mass is 10.0. The van der Waals surface area contributed by atoms with Crippen LogP contribution in [0.4, 0.5) is 8.78 Å². The number of benzene rings is 2. The van der Waals surface area contributed by atoms with E-state index in [1.807, 2.05) is 0 Å². The predicted octanol–water partition coefficient (Wildman–Crippen LogP) is 2.68. The topological polar surface area (TPSA) is 66.5 Å². The van der Waals surface area contributed by atoms with Gasteiger partial charge in [-0.05, 0) is 31.2 Å². The Kier molecular flexibility index (Phi) is 4.08. The van der Waals surface area contributed by atoms with Crippen molar-refractivity contribution >= 4 is 17.7 Å². The fourth-order valence-electron chi connectivity index (χ4n) is 2.71. The Morgan fingerprint density at radius 1 is 1.04 bits per heavy atom. The van der Waals surface area contributed by atoms with Crippen molar-refractivity contribution in [3.63, 3.8) is 0 Å². The molecule has 0 saturated heterocycles. The Labute approximate surface area is 142 Å². The zero-order valence-corrected chi connectivity index (χ0v) is 13.5. The molecule has 0 fully saturated rings. The maximum Gasteiger partial charge on any atom is 0.261 e. The number of halogens is 2. The molecular formula is C18H14F2N2O3. The summed E-state index contributed by atoms with van der Waals surface area (Å²) in [6, 6.07) is 6.58. The molecule has 0 unspecified atom stereocenters.